The molecule has 4 nitrogen and oxygen atoms in total. The van der Waals surface area contributed by atoms with Crippen LogP contribution in [0.4, 0.5) is 11.4 Å². The summed E-state index contributed by atoms with van der Waals surface area (Å²) < 4.78 is 0. The molecule has 0 aliphatic carbocycles. The number of aromatic nitrogens is 1. The maximum absolute atomic E-state index is 12.4. The molecular formula is C22H22ClN3O. The Hall–Kier alpha value is -2.85. The number of hydrogen-bond donors (Lipinski definition) is 2. The third-order valence-corrected chi connectivity index (χ3v) is 4.50. The molecule has 0 bridgehead atoms. The Labute approximate surface area is 164 Å². The van der Waals surface area contributed by atoms with E-state index in [1.54, 1.807) is 12.4 Å². The monoisotopic (exact) mass is 379 g/mol. The van der Waals surface area contributed by atoms with Crippen molar-refractivity contribution in [2.75, 3.05) is 11.9 Å². The zero-order valence-electron chi connectivity index (χ0n) is 15.4. The lowest BCUT2D eigenvalue weighted by Gasteiger charge is -2.11. The molecule has 2 aromatic carbocycles. The van der Waals surface area contributed by atoms with Gasteiger partial charge >= 0.3 is 0 Å². The van der Waals surface area contributed by atoms with Crippen molar-refractivity contribution in [2.24, 2.45) is 0 Å². The summed E-state index contributed by atoms with van der Waals surface area (Å²) in [5, 5.41) is 6.97. The van der Waals surface area contributed by atoms with Gasteiger partial charge in [0.15, 0.2) is 0 Å². The normalized spacial score (nSPS) is 10.5. The van der Waals surface area contributed by atoms with Crippen molar-refractivity contribution in [3.05, 3.63) is 88.2 Å². The number of amides is 1. The van der Waals surface area contributed by atoms with E-state index in [0.717, 1.165) is 28.9 Å². The number of nitrogens with zero attached hydrogens (tertiary/aromatic N) is 1. The minimum absolute atomic E-state index is 0.144. The predicted molar refractivity (Wildman–Crippen MR) is 111 cm³/mol. The lowest BCUT2D eigenvalue weighted by atomic mass is 10.1. The van der Waals surface area contributed by atoms with Gasteiger partial charge in [-0.25, -0.2) is 0 Å². The Kier molecular flexibility index (Phi) is 6.09. The highest BCUT2D eigenvalue weighted by Gasteiger charge is 2.08. The molecule has 1 aromatic heterocycles. The number of aryl methyl sites for hydroxylation is 2. The summed E-state index contributed by atoms with van der Waals surface area (Å²) in [6, 6.07) is 15.7. The molecule has 0 spiro atoms. The van der Waals surface area contributed by atoms with E-state index in [4.69, 9.17) is 11.6 Å². The molecule has 27 heavy (non-hydrogen) atoms. The quantitative estimate of drug-likeness (QED) is 0.628. The molecule has 3 rings (SSSR count). The van der Waals surface area contributed by atoms with E-state index >= 15 is 0 Å². The van der Waals surface area contributed by atoms with Crippen molar-refractivity contribution < 1.29 is 4.79 Å². The molecule has 0 aliphatic rings. The second kappa shape index (κ2) is 8.69. The van der Waals surface area contributed by atoms with Gasteiger partial charge in [-0.1, -0.05) is 35.9 Å². The van der Waals surface area contributed by atoms with Crippen LogP contribution < -0.4 is 10.6 Å². The fourth-order valence-electron chi connectivity index (χ4n) is 2.77. The fourth-order valence-corrected chi connectivity index (χ4v) is 2.99. The number of anilines is 2. The molecule has 0 radical (unpaired) electrons. The van der Waals surface area contributed by atoms with Gasteiger partial charge in [0.2, 0.25) is 0 Å². The molecule has 0 aliphatic heterocycles. The average molecular weight is 380 g/mol. The number of benzene rings is 2. The van der Waals surface area contributed by atoms with Crippen molar-refractivity contribution in [2.45, 2.75) is 20.3 Å². The van der Waals surface area contributed by atoms with Crippen molar-refractivity contribution in [3.63, 3.8) is 0 Å². The first-order valence-corrected chi connectivity index (χ1v) is 9.21. The molecule has 0 atom stereocenters. The second-order valence-electron chi connectivity index (χ2n) is 6.54. The largest absolute Gasteiger partial charge is 0.354 e. The lowest BCUT2D eigenvalue weighted by molar-refractivity contribution is 0.0954. The fraction of sp³-hybridized carbons (Fsp3) is 0.182. The lowest BCUT2D eigenvalue weighted by Crippen LogP contribution is -2.25. The highest BCUT2D eigenvalue weighted by Crippen LogP contribution is 2.22. The van der Waals surface area contributed by atoms with Gasteiger partial charge in [0.05, 0.1) is 17.4 Å². The molecule has 0 fully saturated rings. The Morgan fingerprint density at radius 1 is 1.07 bits per heavy atom. The van der Waals surface area contributed by atoms with Crippen molar-refractivity contribution in [1.29, 1.82) is 0 Å². The summed E-state index contributed by atoms with van der Waals surface area (Å²) in [6.07, 6.45) is 4.01. The van der Waals surface area contributed by atoms with Gasteiger partial charge in [0.25, 0.3) is 5.91 Å². The molecule has 5 heteroatoms. The van der Waals surface area contributed by atoms with Crippen molar-refractivity contribution >= 4 is 28.9 Å². The second-order valence-corrected chi connectivity index (χ2v) is 6.98. The van der Waals surface area contributed by atoms with E-state index in [9.17, 15) is 4.79 Å². The van der Waals surface area contributed by atoms with Gasteiger partial charge in [0, 0.05) is 23.5 Å². The Morgan fingerprint density at radius 2 is 1.93 bits per heavy atom. The van der Waals surface area contributed by atoms with Gasteiger partial charge in [-0.05, 0) is 61.2 Å². The molecule has 0 saturated carbocycles. The van der Waals surface area contributed by atoms with E-state index < -0.39 is 0 Å². The van der Waals surface area contributed by atoms with Crippen LogP contribution in [0.5, 0.6) is 0 Å². The topological polar surface area (TPSA) is 54.0 Å². The maximum atomic E-state index is 12.4. The minimum Gasteiger partial charge on any atom is -0.354 e. The smallest absolute Gasteiger partial charge is 0.252 e. The van der Waals surface area contributed by atoms with E-state index in [1.807, 2.05) is 44.2 Å². The van der Waals surface area contributed by atoms with E-state index in [0.29, 0.717) is 17.1 Å². The number of halogens is 1. The zero-order chi connectivity index (χ0) is 19.2. The predicted octanol–water partition coefficient (Wildman–Crippen LogP) is 5.07. The van der Waals surface area contributed by atoms with Crippen molar-refractivity contribution in [1.82, 2.24) is 10.3 Å². The molecule has 138 valence electrons. The third-order valence-electron chi connectivity index (χ3n) is 4.26. The highest BCUT2D eigenvalue weighted by atomic mass is 35.5. The van der Waals surface area contributed by atoms with E-state index in [2.05, 4.69) is 33.8 Å². The summed E-state index contributed by atoms with van der Waals surface area (Å²) in [5.41, 5.74) is 5.71. The molecule has 3 aromatic rings. The Morgan fingerprint density at radius 3 is 2.74 bits per heavy atom. The SMILES string of the molecule is Cc1ccc(C)c(Nc2cncc(C(=O)NCCc3cccc(Cl)c3)c2)c1. The number of pyridine rings is 1. The van der Waals surface area contributed by atoms with Crippen LogP contribution in [0, 0.1) is 13.8 Å². The molecule has 2 N–H and O–H groups in total. The zero-order valence-corrected chi connectivity index (χ0v) is 16.2. The van der Waals surface area contributed by atoms with Crippen LogP contribution in [0.1, 0.15) is 27.0 Å². The van der Waals surface area contributed by atoms with Crippen LogP contribution in [0.3, 0.4) is 0 Å². The van der Waals surface area contributed by atoms with Crippen molar-refractivity contribution in [3.8, 4) is 0 Å². The first-order chi connectivity index (χ1) is 13.0. The van der Waals surface area contributed by atoms with Crippen LogP contribution in [0.15, 0.2) is 60.9 Å². The van der Waals surface area contributed by atoms with Crippen LogP contribution in [0.2, 0.25) is 5.02 Å². The van der Waals surface area contributed by atoms with Crippen LogP contribution >= 0.6 is 11.6 Å². The Bertz CT molecular complexity index is 956. The summed E-state index contributed by atoms with van der Waals surface area (Å²) in [5.74, 6) is -0.144. The number of carbonyl (C=O) groups excluding carboxylic acids is 1. The number of nitrogens with one attached hydrogen (secondary N) is 2. The molecular weight excluding hydrogens is 358 g/mol. The average Bonchev–Trinajstić information content (AvgIpc) is 2.65. The maximum Gasteiger partial charge on any atom is 0.252 e. The van der Waals surface area contributed by atoms with Gasteiger partial charge < -0.3 is 10.6 Å². The minimum atomic E-state index is -0.144. The highest BCUT2D eigenvalue weighted by molar-refractivity contribution is 6.30. The molecule has 1 heterocycles. The van der Waals surface area contributed by atoms with E-state index in [-0.39, 0.29) is 5.91 Å². The molecule has 0 unspecified atom stereocenters. The van der Waals surface area contributed by atoms with Gasteiger partial charge in [-0.15, -0.1) is 0 Å². The van der Waals surface area contributed by atoms with Gasteiger partial charge in [-0.3, -0.25) is 9.78 Å². The van der Waals surface area contributed by atoms with Gasteiger partial charge in [0.1, 0.15) is 0 Å². The van der Waals surface area contributed by atoms with Crippen LogP contribution in [0.25, 0.3) is 0 Å². The molecule has 1 amide bonds. The van der Waals surface area contributed by atoms with Gasteiger partial charge in [-0.2, -0.15) is 0 Å². The van der Waals surface area contributed by atoms with E-state index in [1.165, 1.54) is 5.56 Å². The first-order valence-electron chi connectivity index (χ1n) is 8.83. The number of rotatable bonds is 6. The van der Waals surface area contributed by atoms with Crippen LogP contribution in [-0.2, 0) is 6.42 Å². The number of carbonyl (C=O) groups is 1. The Balaban J connectivity index is 1.62. The standard InChI is InChI=1S/C22H22ClN3O/c1-15-6-7-16(2)21(10-15)26-20-12-18(13-24-14-20)22(27)25-9-8-17-4-3-5-19(23)11-17/h3-7,10-14,26H,8-9H2,1-2H3,(H,25,27). The summed E-state index contributed by atoms with van der Waals surface area (Å²) in [6.45, 7) is 4.63. The summed E-state index contributed by atoms with van der Waals surface area (Å²) in [4.78, 5) is 16.6. The number of hydrogen-bond acceptors (Lipinski definition) is 3. The third kappa shape index (κ3) is 5.31. The molecule has 0 saturated heterocycles. The van der Waals surface area contributed by atoms with Crippen LogP contribution in [-0.4, -0.2) is 17.4 Å². The summed E-state index contributed by atoms with van der Waals surface area (Å²) in [7, 11) is 0. The summed E-state index contributed by atoms with van der Waals surface area (Å²) >= 11 is 5.98. The first kappa shape index (κ1) is 18.9.